The molecule has 12 heteroatoms. The number of aromatic nitrogens is 6. The smallest absolute Gasteiger partial charge is 0.258 e. The summed E-state index contributed by atoms with van der Waals surface area (Å²) in [5, 5.41) is 6.66. The Hall–Kier alpha value is -2.34. The Kier molecular flexibility index (Phi) is 4.59. The molecule has 2 heterocycles. The minimum atomic E-state index is -3.31. The molecule has 0 spiro atoms. The van der Waals surface area contributed by atoms with Gasteiger partial charge in [0.15, 0.2) is 0 Å². The molecule has 0 saturated carbocycles. The van der Waals surface area contributed by atoms with Crippen molar-refractivity contribution < 1.29 is 8.42 Å². The summed E-state index contributed by atoms with van der Waals surface area (Å²) in [6.45, 7) is 2.19. The Morgan fingerprint density at radius 2 is 2.14 bits per heavy atom. The molecule has 2 rings (SSSR count). The highest BCUT2D eigenvalue weighted by Crippen LogP contribution is 2.05. The number of hydrogen-bond donors (Lipinski definition) is 3. The molecule has 0 aliphatic carbocycles. The molecule has 0 radical (unpaired) electrons. The van der Waals surface area contributed by atoms with Crippen LogP contribution in [-0.2, 0) is 10.0 Å². The van der Waals surface area contributed by atoms with E-state index in [4.69, 9.17) is 5.73 Å². The van der Waals surface area contributed by atoms with E-state index in [1.165, 1.54) is 17.3 Å². The Balaban J connectivity index is 2.04. The van der Waals surface area contributed by atoms with E-state index in [-0.39, 0.29) is 30.1 Å². The highest BCUT2D eigenvalue weighted by atomic mass is 32.2. The second-order valence-electron chi connectivity index (χ2n) is 3.90. The molecular formula is C9H15N9O2S. The fourth-order valence-corrected chi connectivity index (χ4v) is 2.42. The zero-order valence-corrected chi connectivity index (χ0v) is 12.1. The van der Waals surface area contributed by atoms with Crippen molar-refractivity contribution in [2.24, 2.45) is 0 Å². The van der Waals surface area contributed by atoms with E-state index in [0.717, 1.165) is 0 Å². The molecular weight excluding hydrogens is 298 g/mol. The topological polar surface area (TPSA) is 154 Å². The van der Waals surface area contributed by atoms with Gasteiger partial charge in [0.05, 0.1) is 5.75 Å². The zero-order chi connectivity index (χ0) is 15.3. The molecule has 2 aromatic heterocycles. The van der Waals surface area contributed by atoms with Gasteiger partial charge in [-0.2, -0.15) is 24.7 Å². The van der Waals surface area contributed by atoms with Crippen LogP contribution in [0.5, 0.6) is 0 Å². The number of hydrogen-bond acceptors (Lipinski definition) is 9. The molecule has 11 nitrogen and oxygen atoms in total. The number of nitrogens with one attached hydrogen (secondary N) is 2. The fourth-order valence-electron chi connectivity index (χ4n) is 1.46. The van der Waals surface area contributed by atoms with E-state index in [2.05, 4.69) is 35.1 Å². The summed E-state index contributed by atoms with van der Waals surface area (Å²) in [5.74, 6) is 0.245. The molecule has 0 amide bonds. The van der Waals surface area contributed by atoms with Crippen molar-refractivity contribution in [1.29, 1.82) is 0 Å². The average molecular weight is 313 g/mol. The second kappa shape index (κ2) is 6.41. The quantitative estimate of drug-likeness (QED) is 0.547. The minimum absolute atomic E-state index is 0.00691. The van der Waals surface area contributed by atoms with Crippen LogP contribution in [0, 0.1) is 0 Å². The maximum absolute atomic E-state index is 11.5. The van der Waals surface area contributed by atoms with Gasteiger partial charge in [-0.05, 0) is 0 Å². The Morgan fingerprint density at radius 3 is 2.81 bits per heavy atom. The molecule has 0 bridgehead atoms. The van der Waals surface area contributed by atoms with Gasteiger partial charge in [0.1, 0.15) is 12.7 Å². The van der Waals surface area contributed by atoms with Gasteiger partial charge in [-0.1, -0.05) is 6.92 Å². The van der Waals surface area contributed by atoms with Crippen LogP contribution in [0.3, 0.4) is 0 Å². The van der Waals surface area contributed by atoms with Crippen molar-refractivity contribution in [3.63, 3.8) is 0 Å². The van der Waals surface area contributed by atoms with Gasteiger partial charge in [-0.25, -0.2) is 18.1 Å². The summed E-state index contributed by atoms with van der Waals surface area (Å²) in [5.41, 5.74) is 5.58. The lowest BCUT2D eigenvalue weighted by molar-refractivity contribution is 0.584. The van der Waals surface area contributed by atoms with Crippen molar-refractivity contribution in [3.05, 3.63) is 12.7 Å². The molecule has 0 aliphatic heterocycles. The third-order valence-electron chi connectivity index (χ3n) is 2.28. The van der Waals surface area contributed by atoms with Crippen LogP contribution in [0.25, 0.3) is 5.95 Å². The molecule has 0 atom stereocenters. The van der Waals surface area contributed by atoms with Gasteiger partial charge in [0, 0.05) is 13.1 Å². The van der Waals surface area contributed by atoms with Crippen LogP contribution in [0.1, 0.15) is 6.92 Å². The first-order valence-corrected chi connectivity index (χ1v) is 7.73. The van der Waals surface area contributed by atoms with E-state index < -0.39 is 10.0 Å². The van der Waals surface area contributed by atoms with Crippen molar-refractivity contribution in [2.75, 3.05) is 29.9 Å². The second-order valence-corrected chi connectivity index (χ2v) is 5.83. The monoisotopic (exact) mass is 313 g/mol. The maximum Gasteiger partial charge on any atom is 0.258 e. The average Bonchev–Trinajstić information content (AvgIpc) is 2.91. The van der Waals surface area contributed by atoms with Crippen LogP contribution in [0.15, 0.2) is 12.7 Å². The van der Waals surface area contributed by atoms with Crippen LogP contribution in [0.2, 0.25) is 0 Å². The van der Waals surface area contributed by atoms with Crippen molar-refractivity contribution in [3.8, 4) is 5.95 Å². The molecule has 0 aromatic carbocycles. The van der Waals surface area contributed by atoms with Crippen LogP contribution in [0.4, 0.5) is 11.9 Å². The Labute approximate surface area is 121 Å². The summed E-state index contributed by atoms with van der Waals surface area (Å²) in [4.78, 5) is 15.6. The number of nitrogen functional groups attached to an aromatic ring is 1. The number of sulfonamides is 1. The predicted molar refractivity (Wildman–Crippen MR) is 75.1 cm³/mol. The standard InChI is InChI=1S/C9H15N9O2S/c1-2-14-21(19,20)4-3-12-8-15-7(10)16-9(17-8)18-6-11-5-13-18/h5-6,14H,2-4H2,1H3,(H3,10,12,15,16,17). The molecule has 0 aliphatic rings. The SMILES string of the molecule is CCNS(=O)(=O)CCNc1nc(N)nc(-n2cncn2)n1. The van der Waals surface area contributed by atoms with Crippen molar-refractivity contribution in [1.82, 2.24) is 34.4 Å². The molecule has 114 valence electrons. The molecule has 21 heavy (non-hydrogen) atoms. The highest BCUT2D eigenvalue weighted by molar-refractivity contribution is 7.89. The van der Waals surface area contributed by atoms with Crippen LogP contribution < -0.4 is 15.8 Å². The molecule has 2 aromatic rings. The maximum atomic E-state index is 11.5. The van der Waals surface area contributed by atoms with Crippen LogP contribution in [-0.4, -0.2) is 57.0 Å². The summed E-state index contributed by atoms with van der Waals surface area (Å²) in [6.07, 6.45) is 2.74. The first-order chi connectivity index (χ1) is 10.00. The largest absolute Gasteiger partial charge is 0.368 e. The number of nitrogens with zero attached hydrogens (tertiary/aromatic N) is 6. The lowest BCUT2D eigenvalue weighted by atomic mass is 10.7. The van der Waals surface area contributed by atoms with Crippen LogP contribution >= 0.6 is 0 Å². The van der Waals surface area contributed by atoms with E-state index in [9.17, 15) is 8.42 Å². The van der Waals surface area contributed by atoms with Gasteiger partial charge in [0.2, 0.25) is 21.9 Å². The van der Waals surface area contributed by atoms with E-state index in [1.807, 2.05) is 0 Å². The van der Waals surface area contributed by atoms with Crippen molar-refractivity contribution in [2.45, 2.75) is 6.92 Å². The van der Waals surface area contributed by atoms with E-state index in [1.54, 1.807) is 6.92 Å². The third-order valence-corrected chi connectivity index (χ3v) is 3.75. The molecule has 0 unspecified atom stereocenters. The molecule has 4 N–H and O–H groups in total. The Morgan fingerprint density at radius 1 is 1.33 bits per heavy atom. The summed E-state index contributed by atoms with van der Waals surface area (Å²) < 4.78 is 26.7. The number of rotatable bonds is 7. The fraction of sp³-hybridized carbons (Fsp3) is 0.444. The zero-order valence-electron chi connectivity index (χ0n) is 11.3. The minimum Gasteiger partial charge on any atom is -0.368 e. The first-order valence-electron chi connectivity index (χ1n) is 6.08. The lowest BCUT2D eigenvalue weighted by Crippen LogP contribution is -2.29. The van der Waals surface area contributed by atoms with Crippen molar-refractivity contribution >= 4 is 21.9 Å². The molecule has 0 saturated heterocycles. The lowest BCUT2D eigenvalue weighted by Gasteiger charge is -2.07. The normalized spacial score (nSPS) is 11.5. The van der Waals surface area contributed by atoms with Gasteiger partial charge in [0.25, 0.3) is 5.95 Å². The summed E-state index contributed by atoms with van der Waals surface area (Å²) in [7, 11) is -3.31. The third kappa shape index (κ3) is 4.32. The molecule has 0 fully saturated rings. The number of nitrogens with two attached hydrogens (primary N) is 1. The van der Waals surface area contributed by atoms with Gasteiger partial charge >= 0.3 is 0 Å². The summed E-state index contributed by atoms with van der Waals surface area (Å²) >= 11 is 0. The highest BCUT2D eigenvalue weighted by Gasteiger charge is 2.10. The first kappa shape index (κ1) is 15.1. The Bertz CT molecular complexity index is 685. The summed E-state index contributed by atoms with van der Waals surface area (Å²) in [6, 6.07) is 0. The van der Waals surface area contributed by atoms with E-state index in [0.29, 0.717) is 6.54 Å². The number of anilines is 2. The van der Waals surface area contributed by atoms with E-state index >= 15 is 0 Å². The van der Waals surface area contributed by atoms with Gasteiger partial charge in [-0.15, -0.1) is 0 Å². The van der Waals surface area contributed by atoms with Gasteiger partial charge in [-0.3, -0.25) is 0 Å². The van der Waals surface area contributed by atoms with Gasteiger partial charge < -0.3 is 11.1 Å². The predicted octanol–water partition coefficient (Wildman–Crippen LogP) is -1.61.